The highest BCUT2D eigenvalue weighted by atomic mass is 35.5. The van der Waals surface area contributed by atoms with Gasteiger partial charge in [-0.2, -0.15) is 10.4 Å². The van der Waals surface area contributed by atoms with Crippen molar-refractivity contribution in [2.45, 2.75) is 6.92 Å². The molecule has 43 heavy (non-hydrogen) atoms. The van der Waals surface area contributed by atoms with Crippen molar-refractivity contribution in [3.63, 3.8) is 0 Å². The maximum Gasteiger partial charge on any atom is 0.347 e. The summed E-state index contributed by atoms with van der Waals surface area (Å²) < 4.78 is 16.5. The Morgan fingerprint density at radius 1 is 1.00 bits per heavy atom. The van der Waals surface area contributed by atoms with Gasteiger partial charge < -0.3 is 19.2 Å². The summed E-state index contributed by atoms with van der Waals surface area (Å²) >= 11 is 6.06. The van der Waals surface area contributed by atoms with Gasteiger partial charge in [0.2, 0.25) is 0 Å². The Morgan fingerprint density at radius 3 is 2.53 bits per heavy atom. The number of aromatic nitrogens is 1. The number of nitriles is 1. The Hall–Kier alpha value is -5.59. The van der Waals surface area contributed by atoms with Crippen LogP contribution in [0.5, 0.6) is 17.2 Å². The molecule has 10 heteroatoms. The number of amides is 1. The molecule has 0 saturated heterocycles. The van der Waals surface area contributed by atoms with E-state index in [9.17, 15) is 14.9 Å². The summed E-state index contributed by atoms with van der Waals surface area (Å²) in [7, 11) is 1.45. The average Bonchev–Trinajstić information content (AvgIpc) is 3.43. The van der Waals surface area contributed by atoms with Gasteiger partial charge in [-0.3, -0.25) is 4.79 Å². The quantitative estimate of drug-likeness (QED) is 0.0844. The molecule has 1 heterocycles. The molecule has 0 fully saturated rings. The number of ether oxygens (including phenoxy) is 3. The van der Waals surface area contributed by atoms with Crippen molar-refractivity contribution in [2.24, 2.45) is 5.10 Å². The molecule has 1 amide bonds. The summed E-state index contributed by atoms with van der Waals surface area (Å²) in [6, 6.07) is 26.5. The lowest BCUT2D eigenvalue weighted by atomic mass is 10.0. The normalized spacial score (nSPS) is 10.8. The SMILES string of the molecule is CCOc1cc(C=NNC(=O)c2[nH]c3c(C#N)cccc3c2-c2ccccc2)ccc1OC(=O)c1cc(Cl)ccc1OC. The number of esters is 1. The van der Waals surface area contributed by atoms with Crippen molar-refractivity contribution in [1.29, 1.82) is 5.26 Å². The highest BCUT2D eigenvalue weighted by Gasteiger charge is 2.21. The van der Waals surface area contributed by atoms with Crippen LogP contribution in [0, 0.1) is 11.3 Å². The smallest absolute Gasteiger partial charge is 0.347 e. The minimum absolute atomic E-state index is 0.166. The number of H-pyrrole nitrogens is 1. The number of carbonyl (C=O) groups excluding carboxylic acids is 2. The van der Waals surface area contributed by atoms with Crippen molar-refractivity contribution in [3.8, 4) is 34.4 Å². The number of para-hydroxylation sites is 1. The third kappa shape index (κ3) is 6.20. The van der Waals surface area contributed by atoms with E-state index in [-0.39, 0.29) is 17.0 Å². The van der Waals surface area contributed by atoms with Gasteiger partial charge in [-0.05, 0) is 60.5 Å². The molecule has 0 aliphatic heterocycles. The van der Waals surface area contributed by atoms with Crippen LogP contribution in [0.4, 0.5) is 0 Å². The second-order valence-corrected chi connectivity index (χ2v) is 9.59. The summed E-state index contributed by atoms with van der Waals surface area (Å²) in [5, 5.41) is 14.8. The fraction of sp³-hybridized carbons (Fsp3) is 0.0909. The van der Waals surface area contributed by atoms with E-state index in [0.29, 0.717) is 45.3 Å². The molecule has 4 aromatic carbocycles. The molecule has 0 atom stereocenters. The van der Waals surface area contributed by atoms with Crippen LogP contribution in [-0.2, 0) is 0 Å². The lowest BCUT2D eigenvalue weighted by Gasteiger charge is -2.13. The van der Waals surface area contributed by atoms with Gasteiger partial charge in [0, 0.05) is 16.0 Å². The van der Waals surface area contributed by atoms with Crippen molar-refractivity contribution < 1.29 is 23.8 Å². The van der Waals surface area contributed by atoms with Gasteiger partial charge >= 0.3 is 5.97 Å². The number of methoxy groups -OCH3 is 1. The van der Waals surface area contributed by atoms with Crippen LogP contribution in [0.3, 0.4) is 0 Å². The zero-order valence-corrected chi connectivity index (χ0v) is 23.9. The molecule has 9 nitrogen and oxygen atoms in total. The number of fused-ring (bicyclic) bond motifs is 1. The van der Waals surface area contributed by atoms with E-state index in [4.69, 9.17) is 25.8 Å². The molecule has 2 N–H and O–H groups in total. The van der Waals surface area contributed by atoms with Crippen LogP contribution in [-0.4, -0.2) is 36.8 Å². The zero-order valence-electron chi connectivity index (χ0n) is 23.2. The van der Waals surface area contributed by atoms with Gasteiger partial charge in [0.05, 0.1) is 31.0 Å². The van der Waals surface area contributed by atoms with Crippen molar-refractivity contribution in [3.05, 3.63) is 112 Å². The maximum absolute atomic E-state index is 13.3. The van der Waals surface area contributed by atoms with E-state index in [1.165, 1.54) is 19.4 Å². The first kappa shape index (κ1) is 28.9. The Morgan fingerprint density at radius 2 is 1.79 bits per heavy atom. The third-order valence-electron chi connectivity index (χ3n) is 6.48. The molecule has 0 unspecified atom stereocenters. The molecule has 0 radical (unpaired) electrons. The molecule has 214 valence electrons. The first-order valence-corrected chi connectivity index (χ1v) is 13.6. The molecule has 0 aliphatic carbocycles. The fourth-order valence-corrected chi connectivity index (χ4v) is 4.73. The third-order valence-corrected chi connectivity index (χ3v) is 6.71. The van der Waals surface area contributed by atoms with Crippen LogP contribution in [0.2, 0.25) is 5.02 Å². The largest absolute Gasteiger partial charge is 0.496 e. The van der Waals surface area contributed by atoms with Gasteiger partial charge in [-0.15, -0.1) is 0 Å². The van der Waals surface area contributed by atoms with E-state index in [2.05, 4.69) is 21.6 Å². The van der Waals surface area contributed by atoms with E-state index in [1.54, 1.807) is 49.4 Å². The summed E-state index contributed by atoms with van der Waals surface area (Å²) in [5.41, 5.74) is 6.06. The number of rotatable bonds is 9. The number of halogens is 1. The summed E-state index contributed by atoms with van der Waals surface area (Å²) in [6.07, 6.45) is 1.44. The Bertz CT molecular complexity index is 1890. The van der Waals surface area contributed by atoms with Gasteiger partial charge in [0.15, 0.2) is 11.5 Å². The predicted molar refractivity (Wildman–Crippen MR) is 164 cm³/mol. The molecule has 0 aliphatic rings. The number of benzene rings is 4. The molecule has 0 bridgehead atoms. The van der Waals surface area contributed by atoms with E-state index in [0.717, 1.165) is 10.9 Å². The van der Waals surface area contributed by atoms with Gasteiger partial charge in [-0.25, -0.2) is 10.2 Å². The van der Waals surface area contributed by atoms with Gasteiger partial charge in [0.1, 0.15) is 23.1 Å². The Balaban J connectivity index is 1.38. The summed E-state index contributed by atoms with van der Waals surface area (Å²) in [4.78, 5) is 29.3. The molecule has 5 rings (SSSR count). The highest BCUT2D eigenvalue weighted by Crippen LogP contribution is 2.34. The van der Waals surface area contributed by atoms with E-state index < -0.39 is 11.9 Å². The predicted octanol–water partition coefficient (Wildman–Crippen LogP) is 6.75. The van der Waals surface area contributed by atoms with Crippen molar-refractivity contribution in [2.75, 3.05) is 13.7 Å². The lowest BCUT2D eigenvalue weighted by Crippen LogP contribution is -2.19. The number of nitrogens with zero attached hydrogens (tertiary/aromatic N) is 2. The highest BCUT2D eigenvalue weighted by molar-refractivity contribution is 6.31. The standard InChI is InChI=1S/C33H25ClN4O5/c1-3-42-28-16-20(12-14-27(28)43-33(40)25-17-23(34)13-15-26(25)41-2)19-36-38-32(39)31-29(21-8-5-4-6-9-21)24-11-7-10-22(18-35)30(24)37-31/h4-17,19,37H,3H2,1-2H3,(H,38,39). The minimum atomic E-state index is -0.666. The van der Waals surface area contributed by atoms with Crippen LogP contribution in [0.25, 0.3) is 22.0 Å². The number of hydrazone groups is 1. The second kappa shape index (κ2) is 12.9. The second-order valence-electron chi connectivity index (χ2n) is 9.15. The van der Waals surface area contributed by atoms with E-state index in [1.807, 2.05) is 36.4 Å². The van der Waals surface area contributed by atoms with Crippen molar-refractivity contribution >= 4 is 40.6 Å². The Labute approximate surface area is 252 Å². The number of nitrogens with one attached hydrogen (secondary N) is 2. The molecule has 0 saturated carbocycles. The molecule has 5 aromatic rings. The van der Waals surface area contributed by atoms with E-state index >= 15 is 0 Å². The molecule has 0 spiro atoms. The first-order valence-electron chi connectivity index (χ1n) is 13.2. The minimum Gasteiger partial charge on any atom is -0.496 e. The number of hydrogen-bond acceptors (Lipinski definition) is 7. The maximum atomic E-state index is 13.3. The number of hydrogen-bond donors (Lipinski definition) is 2. The van der Waals surface area contributed by atoms with Gasteiger partial charge in [0.25, 0.3) is 5.91 Å². The van der Waals surface area contributed by atoms with Crippen LogP contribution >= 0.6 is 11.6 Å². The number of carbonyl (C=O) groups is 2. The first-order chi connectivity index (χ1) is 20.9. The van der Waals surface area contributed by atoms with Crippen LogP contribution in [0.15, 0.2) is 90.0 Å². The lowest BCUT2D eigenvalue weighted by molar-refractivity contribution is 0.0724. The zero-order chi connectivity index (χ0) is 30.3. The van der Waals surface area contributed by atoms with Gasteiger partial charge in [-0.1, -0.05) is 54.1 Å². The fourth-order valence-electron chi connectivity index (χ4n) is 4.56. The average molecular weight is 593 g/mol. The summed E-state index contributed by atoms with van der Waals surface area (Å²) in [6.45, 7) is 2.12. The Kier molecular flexibility index (Phi) is 8.70. The molecular weight excluding hydrogens is 568 g/mol. The van der Waals surface area contributed by atoms with Crippen LogP contribution < -0.4 is 19.6 Å². The molecular formula is C33H25ClN4O5. The number of aromatic amines is 1. The van der Waals surface area contributed by atoms with Crippen LogP contribution in [0.1, 0.15) is 38.9 Å². The van der Waals surface area contributed by atoms with Crippen molar-refractivity contribution in [1.82, 2.24) is 10.4 Å². The monoisotopic (exact) mass is 592 g/mol. The summed E-state index contributed by atoms with van der Waals surface area (Å²) in [5.74, 6) is -0.337. The topological polar surface area (TPSA) is 126 Å². The molecule has 1 aromatic heterocycles.